The van der Waals surface area contributed by atoms with E-state index in [1.165, 1.54) is 24.5 Å². The molecule has 0 atom stereocenters. The Hall–Kier alpha value is -3.01. The first kappa shape index (κ1) is 16.8. The Kier molecular flexibility index (Phi) is 4.61. The van der Waals surface area contributed by atoms with Crippen LogP contribution in [0.1, 0.15) is 10.4 Å². The molecule has 0 saturated carbocycles. The van der Waals surface area contributed by atoms with Gasteiger partial charge in [0.05, 0.1) is 10.3 Å². The van der Waals surface area contributed by atoms with Crippen LogP contribution < -0.4 is 5.32 Å². The number of aromatic nitrogens is 2. The summed E-state index contributed by atoms with van der Waals surface area (Å²) in [7, 11) is 0. The maximum Gasteiger partial charge on any atom is 0.338 e. The summed E-state index contributed by atoms with van der Waals surface area (Å²) in [6.45, 7) is -0.609. The van der Waals surface area contributed by atoms with Gasteiger partial charge in [0.15, 0.2) is 29.2 Å². The van der Waals surface area contributed by atoms with Crippen molar-refractivity contribution in [2.24, 2.45) is 0 Å². The number of hydrogen-bond acceptors (Lipinski definition) is 6. The van der Waals surface area contributed by atoms with Gasteiger partial charge in [-0.2, -0.15) is 0 Å². The maximum absolute atomic E-state index is 13.6. The van der Waals surface area contributed by atoms with E-state index in [0.717, 1.165) is 17.4 Å². The van der Waals surface area contributed by atoms with Gasteiger partial charge in [0.2, 0.25) is 0 Å². The van der Waals surface area contributed by atoms with Gasteiger partial charge < -0.3 is 4.74 Å². The zero-order valence-electron chi connectivity index (χ0n) is 12.3. The molecule has 2 aromatic heterocycles. The van der Waals surface area contributed by atoms with E-state index in [1.54, 1.807) is 0 Å². The smallest absolute Gasteiger partial charge is 0.338 e. The molecule has 0 aliphatic rings. The Balaban J connectivity index is 1.66. The average molecular weight is 367 g/mol. The molecule has 0 saturated heterocycles. The second-order valence-corrected chi connectivity index (χ2v) is 5.74. The third-order valence-corrected chi connectivity index (χ3v) is 3.94. The van der Waals surface area contributed by atoms with Gasteiger partial charge in [-0.3, -0.25) is 15.1 Å². The summed E-state index contributed by atoms with van der Waals surface area (Å²) in [6, 6.07) is 3.61. The molecular weight excluding hydrogens is 359 g/mol. The van der Waals surface area contributed by atoms with Crippen LogP contribution in [0.3, 0.4) is 0 Å². The second kappa shape index (κ2) is 6.85. The number of pyridine rings is 1. The number of halogens is 3. The molecule has 1 amide bonds. The number of nitrogens with one attached hydrogen (secondary N) is 1. The van der Waals surface area contributed by atoms with Crippen LogP contribution in [0.4, 0.5) is 18.3 Å². The van der Waals surface area contributed by atoms with E-state index in [9.17, 15) is 22.8 Å². The van der Waals surface area contributed by atoms with Gasteiger partial charge in [0.1, 0.15) is 5.52 Å². The number of carbonyl (C=O) groups is 2. The Morgan fingerprint density at radius 1 is 1.16 bits per heavy atom. The molecule has 3 aromatic rings. The summed E-state index contributed by atoms with van der Waals surface area (Å²) in [4.78, 5) is 30.9. The van der Waals surface area contributed by atoms with Crippen molar-refractivity contribution in [3.8, 4) is 0 Å². The van der Waals surface area contributed by atoms with Crippen LogP contribution in [0.5, 0.6) is 0 Å². The van der Waals surface area contributed by atoms with E-state index >= 15 is 0 Å². The highest BCUT2D eigenvalue weighted by molar-refractivity contribution is 7.22. The molecule has 0 spiro atoms. The molecular formula is C15H8F3N3O3S. The van der Waals surface area contributed by atoms with Gasteiger partial charge in [-0.1, -0.05) is 11.3 Å². The van der Waals surface area contributed by atoms with Crippen molar-refractivity contribution in [3.63, 3.8) is 0 Å². The van der Waals surface area contributed by atoms with Crippen LogP contribution in [0.15, 0.2) is 30.6 Å². The van der Waals surface area contributed by atoms with Gasteiger partial charge in [0.25, 0.3) is 5.91 Å². The molecule has 6 nitrogen and oxygen atoms in total. The number of esters is 1. The van der Waals surface area contributed by atoms with E-state index in [1.807, 2.05) is 0 Å². The number of ether oxygens (including phenoxy) is 1. The van der Waals surface area contributed by atoms with E-state index in [0.29, 0.717) is 0 Å². The Morgan fingerprint density at radius 2 is 1.88 bits per heavy atom. The average Bonchev–Trinajstić information content (AvgIpc) is 3.00. The van der Waals surface area contributed by atoms with E-state index < -0.39 is 41.5 Å². The zero-order chi connectivity index (χ0) is 18.0. The van der Waals surface area contributed by atoms with Crippen LogP contribution in [0, 0.1) is 17.5 Å². The molecule has 0 aliphatic heterocycles. The van der Waals surface area contributed by atoms with E-state index in [4.69, 9.17) is 4.74 Å². The van der Waals surface area contributed by atoms with Gasteiger partial charge in [-0.15, -0.1) is 0 Å². The fourth-order valence-corrected chi connectivity index (χ4v) is 2.79. The number of rotatable bonds is 4. The van der Waals surface area contributed by atoms with Gasteiger partial charge in [0, 0.05) is 12.4 Å². The van der Waals surface area contributed by atoms with E-state index in [-0.39, 0.29) is 15.4 Å². The molecule has 0 radical (unpaired) electrons. The van der Waals surface area contributed by atoms with Gasteiger partial charge >= 0.3 is 5.97 Å². The third-order valence-electron chi connectivity index (χ3n) is 3.02. The van der Waals surface area contributed by atoms with Crippen molar-refractivity contribution in [2.45, 2.75) is 0 Å². The molecule has 0 bridgehead atoms. The lowest BCUT2D eigenvalue weighted by Gasteiger charge is -2.04. The first-order valence-electron chi connectivity index (χ1n) is 6.76. The summed E-state index contributed by atoms with van der Waals surface area (Å²) >= 11 is 0.755. The van der Waals surface area contributed by atoms with Crippen molar-refractivity contribution in [1.82, 2.24) is 9.97 Å². The molecule has 0 fully saturated rings. The fraction of sp³-hybridized carbons (Fsp3) is 0.0667. The van der Waals surface area contributed by atoms with Crippen LogP contribution in [0.2, 0.25) is 0 Å². The molecule has 2 heterocycles. The molecule has 128 valence electrons. The maximum atomic E-state index is 13.6. The van der Waals surface area contributed by atoms with Gasteiger partial charge in [-0.05, 0) is 18.2 Å². The van der Waals surface area contributed by atoms with Crippen molar-refractivity contribution in [2.75, 3.05) is 11.9 Å². The predicted octanol–water partition coefficient (Wildman–Crippen LogP) is 2.90. The lowest BCUT2D eigenvalue weighted by atomic mass is 10.3. The Bertz CT molecular complexity index is 963. The van der Waals surface area contributed by atoms with Crippen molar-refractivity contribution >= 4 is 38.6 Å². The molecule has 25 heavy (non-hydrogen) atoms. The minimum Gasteiger partial charge on any atom is -0.452 e. The second-order valence-electron chi connectivity index (χ2n) is 4.71. The number of amides is 1. The number of hydrogen-bond donors (Lipinski definition) is 1. The number of nitrogens with zero attached hydrogens (tertiary/aromatic N) is 2. The van der Waals surface area contributed by atoms with Crippen LogP contribution >= 0.6 is 11.3 Å². The number of carbonyl (C=O) groups excluding carboxylic acids is 2. The van der Waals surface area contributed by atoms with Crippen LogP contribution in [-0.4, -0.2) is 28.5 Å². The molecule has 1 N–H and O–H groups in total. The van der Waals surface area contributed by atoms with Crippen LogP contribution in [-0.2, 0) is 9.53 Å². The highest BCUT2D eigenvalue weighted by atomic mass is 32.1. The molecule has 3 rings (SSSR count). The normalized spacial score (nSPS) is 10.7. The molecule has 0 aliphatic carbocycles. The topological polar surface area (TPSA) is 81.2 Å². The third kappa shape index (κ3) is 3.58. The minimum absolute atomic E-state index is 0.0282. The van der Waals surface area contributed by atoms with Crippen molar-refractivity contribution < 1.29 is 27.5 Å². The Labute approximate surface area is 142 Å². The molecule has 10 heteroatoms. The number of thiazole rings is 1. The summed E-state index contributed by atoms with van der Waals surface area (Å²) in [5.41, 5.74) is -0.177. The summed E-state index contributed by atoms with van der Waals surface area (Å²) < 4.78 is 44.8. The lowest BCUT2D eigenvalue weighted by Crippen LogP contribution is -2.20. The standard InChI is InChI=1S/C15H8F3N3O3S/c16-8-5-9-13(12(18)11(8)17)21-15(25-9)20-10(22)6-24-14(23)7-1-3-19-4-2-7/h1-5H,6H2,(H,20,21,22). The summed E-state index contributed by atoms with van der Waals surface area (Å²) in [6.07, 6.45) is 2.79. The largest absolute Gasteiger partial charge is 0.452 e. The predicted molar refractivity (Wildman–Crippen MR) is 82.6 cm³/mol. The van der Waals surface area contributed by atoms with Crippen molar-refractivity contribution in [3.05, 3.63) is 53.6 Å². The molecule has 0 unspecified atom stereocenters. The van der Waals surface area contributed by atoms with Crippen molar-refractivity contribution in [1.29, 1.82) is 0 Å². The molecule has 1 aromatic carbocycles. The number of fused-ring (bicyclic) bond motifs is 1. The Morgan fingerprint density at radius 3 is 2.60 bits per heavy atom. The highest BCUT2D eigenvalue weighted by Crippen LogP contribution is 2.30. The summed E-state index contributed by atoms with van der Waals surface area (Å²) in [5, 5.41) is 2.19. The monoisotopic (exact) mass is 367 g/mol. The highest BCUT2D eigenvalue weighted by Gasteiger charge is 2.18. The van der Waals surface area contributed by atoms with Gasteiger partial charge in [-0.25, -0.2) is 22.9 Å². The van der Waals surface area contributed by atoms with Crippen LogP contribution in [0.25, 0.3) is 10.2 Å². The fourth-order valence-electron chi connectivity index (χ4n) is 1.89. The zero-order valence-corrected chi connectivity index (χ0v) is 13.1. The summed E-state index contributed by atoms with van der Waals surface area (Å²) in [5.74, 6) is -5.88. The quantitative estimate of drug-likeness (QED) is 0.566. The number of anilines is 1. The SMILES string of the molecule is O=C(COC(=O)c1ccncc1)Nc1nc2c(F)c(F)c(F)cc2s1. The first-order chi connectivity index (χ1) is 12.0. The van der Waals surface area contributed by atoms with E-state index in [2.05, 4.69) is 15.3 Å². The minimum atomic E-state index is -1.64. The first-order valence-corrected chi connectivity index (χ1v) is 7.58. The lowest BCUT2D eigenvalue weighted by molar-refractivity contribution is -0.119. The number of benzene rings is 1.